The van der Waals surface area contributed by atoms with Gasteiger partial charge in [-0.1, -0.05) is 12.1 Å². The van der Waals surface area contributed by atoms with Crippen LogP contribution in [-0.4, -0.2) is 20.3 Å². The van der Waals surface area contributed by atoms with Crippen molar-refractivity contribution in [2.24, 2.45) is 0 Å². The highest BCUT2D eigenvalue weighted by Gasteiger charge is 2.03. The summed E-state index contributed by atoms with van der Waals surface area (Å²) >= 11 is 0. The zero-order valence-electron chi connectivity index (χ0n) is 8.50. The van der Waals surface area contributed by atoms with Crippen molar-refractivity contribution < 1.29 is 13.9 Å². The average Bonchev–Trinajstić information content (AvgIpc) is 2.19. The Balaban J connectivity index is 2.55. The van der Waals surface area contributed by atoms with Gasteiger partial charge < -0.3 is 9.47 Å². The Morgan fingerprint density at radius 1 is 1.36 bits per heavy atom. The van der Waals surface area contributed by atoms with Crippen molar-refractivity contribution in [3.8, 4) is 5.75 Å². The van der Waals surface area contributed by atoms with Gasteiger partial charge >= 0.3 is 0 Å². The van der Waals surface area contributed by atoms with Crippen LogP contribution in [0.25, 0.3) is 0 Å². The van der Waals surface area contributed by atoms with Gasteiger partial charge in [0.2, 0.25) is 0 Å². The SMILES string of the molecule is COCCOc1cccc(C(C)F)c1. The lowest BCUT2D eigenvalue weighted by atomic mass is 10.1. The number of methoxy groups -OCH3 is 1. The van der Waals surface area contributed by atoms with Gasteiger partial charge in [-0.2, -0.15) is 0 Å². The summed E-state index contributed by atoms with van der Waals surface area (Å²) in [5.41, 5.74) is 0.639. The van der Waals surface area contributed by atoms with Gasteiger partial charge in [0.05, 0.1) is 6.61 Å². The van der Waals surface area contributed by atoms with Crippen LogP contribution >= 0.6 is 0 Å². The van der Waals surface area contributed by atoms with E-state index in [0.29, 0.717) is 24.5 Å². The molecule has 0 N–H and O–H groups in total. The predicted molar refractivity (Wildman–Crippen MR) is 53.3 cm³/mol. The van der Waals surface area contributed by atoms with Crippen molar-refractivity contribution in [1.82, 2.24) is 0 Å². The minimum Gasteiger partial charge on any atom is -0.491 e. The lowest BCUT2D eigenvalue weighted by Crippen LogP contribution is -2.04. The molecule has 0 amide bonds. The van der Waals surface area contributed by atoms with E-state index in [9.17, 15) is 4.39 Å². The Morgan fingerprint density at radius 2 is 2.14 bits per heavy atom. The van der Waals surface area contributed by atoms with E-state index in [1.54, 1.807) is 25.3 Å². The number of ether oxygens (including phenoxy) is 2. The zero-order chi connectivity index (χ0) is 10.4. The van der Waals surface area contributed by atoms with Crippen LogP contribution < -0.4 is 4.74 Å². The summed E-state index contributed by atoms with van der Waals surface area (Å²) in [5, 5.41) is 0. The zero-order valence-corrected chi connectivity index (χ0v) is 8.50. The molecule has 0 spiro atoms. The summed E-state index contributed by atoms with van der Waals surface area (Å²) in [6.07, 6.45) is -0.957. The number of benzene rings is 1. The van der Waals surface area contributed by atoms with Gasteiger partial charge in [-0.3, -0.25) is 0 Å². The second-order valence-electron chi connectivity index (χ2n) is 3.03. The minimum atomic E-state index is -0.957. The fourth-order valence-corrected chi connectivity index (χ4v) is 1.09. The van der Waals surface area contributed by atoms with Crippen molar-refractivity contribution in [2.75, 3.05) is 20.3 Å². The van der Waals surface area contributed by atoms with E-state index >= 15 is 0 Å². The largest absolute Gasteiger partial charge is 0.491 e. The average molecular weight is 198 g/mol. The Hall–Kier alpha value is -1.09. The molecule has 1 aromatic rings. The fraction of sp³-hybridized carbons (Fsp3) is 0.455. The molecule has 0 heterocycles. The molecular formula is C11H15FO2. The summed E-state index contributed by atoms with van der Waals surface area (Å²) in [5.74, 6) is 0.684. The number of alkyl halides is 1. The van der Waals surface area contributed by atoms with Crippen molar-refractivity contribution in [3.05, 3.63) is 29.8 Å². The molecule has 14 heavy (non-hydrogen) atoms. The van der Waals surface area contributed by atoms with E-state index in [1.807, 2.05) is 6.07 Å². The van der Waals surface area contributed by atoms with Gasteiger partial charge in [0.15, 0.2) is 0 Å². The third kappa shape index (κ3) is 3.34. The molecule has 2 nitrogen and oxygen atoms in total. The van der Waals surface area contributed by atoms with Crippen molar-refractivity contribution in [2.45, 2.75) is 13.1 Å². The van der Waals surface area contributed by atoms with Crippen molar-refractivity contribution in [3.63, 3.8) is 0 Å². The molecule has 1 aromatic carbocycles. The number of hydrogen-bond acceptors (Lipinski definition) is 2. The minimum absolute atomic E-state index is 0.487. The summed E-state index contributed by atoms with van der Waals surface area (Å²) in [4.78, 5) is 0. The van der Waals surface area contributed by atoms with Crippen LogP contribution in [0.1, 0.15) is 18.7 Å². The van der Waals surface area contributed by atoms with Crippen LogP contribution in [0.3, 0.4) is 0 Å². The topological polar surface area (TPSA) is 18.5 Å². The maximum Gasteiger partial charge on any atom is 0.122 e. The summed E-state index contributed by atoms with van der Waals surface area (Å²) in [6.45, 7) is 2.53. The number of hydrogen-bond donors (Lipinski definition) is 0. The quantitative estimate of drug-likeness (QED) is 0.677. The van der Waals surface area contributed by atoms with Gasteiger partial charge in [0.25, 0.3) is 0 Å². The number of rotatable bonds is 5. The highest BCUT2D eigenvalue weighted by atomic mass is 19.1. The predicted octanol–water partition coefficient (Wildman–Crippen LogP) is 2.74. The lowest BCUT2D eigenvalue weighted by Gasteiger charge is -2.07. The maximum atomic E-state index is 12.9. The van der Waals surface area contributed by atoms with Crippen LogP contribution in [0.2, 0.25) is 0 Å². The van der Waals surface area contributed by atoms with E-state index in [2.05, 4.69) is 0 Å². The molecule has 0 saturated heterocycles. The first-order chi connectivity index (χ1) is 6.74. The van der Waals surface area contributed by atoms with Gasteiger partial charge in [-0.15, -0.1) is 0 Å². The molecule has 0 aliphatic rings. The van der Waals surface area contributed by atoms with E-state index in [4.69, 9.17) is 9.47 Å². The first-order valence-corrected chi connectivity index (χ1v) is 4.60. The molecule has 0 aliphatic carbocycles. The molecule has 0 radical (unpaired) electrons. The molecular weight excluding hydrogens is 183 g/mol. The van der Waals surface area contributed by atoms with Crippen molar-refractivity contribution >= 4 is 0 Å². The summed E-state index contributed by atoms with van der Waals surface area (Å²) in [7, 11) is 1.61. The van der Waals surface area contributed by atoms with Gasteiger partial charge in [0.1, 0.15) is 18.5 Å². The molecule has 0 aromatic heterocycles. The van der Waals surface area contributed by atoms with Gasteiger partial charge in [0, 0.05) is 7.11 Å². The first kappa shape index (κ1) is 11.0. The summed E-state index contributed by atoms with van der Waals surface area (Å²) in [6, 6.07) is 7.04. The van der Waals surface area contributed by atoms with Crippen molar-refractivity contribution in [1.29, 1.82) is 0 Å². The molecule has 0 aliphatic heterocycles. The van der Waals surface area contributed by atoms with Crippen LogP contribution in [0.15, 0.2) is 24.3 Å². The first-order valence-electron chi connectivity index (χ1n) is 4.60. The molecule has 78 valence electrons. The van der Waals surface area contributed by atoms with E-state index < -0.39 is 6.17 Å². The Labute approximate surface area is 83.6 Å². The molecule has 0 bridgehead atoms. The maximum absolute atomic E-state index is 12.9. The fourth-order valence-electron chi connectivity index (χ4n) is 1.09. The highest BCUT2D eigenvalue weighted by Crippen LogP contribution is 2.21. The number of halogens is 1. The molecule has 3 heteroatoms. The second kappa shape index (κ2) is 5.60. The van der Waals surface area contributed by atoms with Crippen LogP contribution in [0.4, 0.5) is 4.39 Å². The molecule has 0 saturated carbocycles. The Morgan fingerprint density at radius 3 is 2.79 bits per heavy atom. The third-order valence-electron chi connectivity index (χ3n) is 1.87. The van der Waals surface area contributed by atoms with E-state index in [0.717, 1.165) is 0 Å². The van der Waals surface area contributed by atoms with E-state index in [-0.39, 0.29) is 0 Å². The normalized spacial score (nSPS) is 12.5. The Kier molecular flexibility index (Phi) is 4.40. The summed E-state index contributed by atoms with van der Waals surface area (Å²) < 4.78 is 23.1. The van der Waals surface area contributed by atoms with Crippen LogP contribution in [-0.2, 0) is 4.74 Å². The lowest BCUT2D eigenvalue weighted by molar-refractivity contribution is 0.146. The molecule has 1 rings (SSSR count). The van der Waals surface area contributed by atoms with E-state index in [1.165, 1.54) is 6.92 Å². The monoisotopic (exact) mass is 198 g/mol. The Bertz CT molecular complexity index is 274. The molecule has 0 fully saturated rings. The standard InChI is InChI=1S/C11H15FO2/c1-9(12)10-4-3-5-11(8-10)14-7-6-13-2/h3-5,8-9H,6-7H2,1-2H3. The third-order valence-corrected chi connectivity index (χ3v) is 1.87. The van der Waals surface area contributed by atoms with Gasteiger partial charge in [-0.25, -0.2) is 4.39 Å². The highest BCUT2D eigenvalue weighted by molar-refractivity contribution is 5.29. The molecule has 1 unspecified atom stereocenters. The van der Waals surface area contributed by atoms with Gasteiger partial charge in [-0.05, 0) is 24.6 Å². The smallest absolute Gasteiger partial charge is 0.122 e. The second-order valence-corrected chi connectivity index (χ2v) is 3.03. The van der Waals surface area contributed by atoms with Crippen LogP contribution in [0.5, 0.6) is 5.75 Å². The molecule has 1 atom stereocenters. The van der Waals surface area contributed by atoms with Crippen LogP contribution in [0, 0.1) is 0 Å².